The van der Waals surface area contributed by atoms with Gasteiger partial charge in [-0.3, -0.25) is 0 Å². The Kier molecular flexibility index (Phi) is 7.53. The molecule has 1 fully saturated rings. The van der Waals surface area contributed by atoms with Crippen LogP contribution >= 0.6 is 0 Å². The summed E-state index contributed by atoms with van der Waals surface area (Å²) in [5.41, 5.74) is 2.54. The van der Waals surface area contributed by atoms with Crippen LogP contribution in [-0.2, 0) is 15.8 Å². The molecule has 3 heterocycles. The Morgan fingerprint density at radius 2 is 1.65 bits per heavy atom. The Morgan fingerprint density at radius 3 is 2.38 bits per heavy atom. The minimum Gasteiger partial charge on any atom is -0.355 e. The van der Waals surface area contributed by atoms with Gasteiger partial charge in [-0.15, -0.1) is 0 Å². The van der Waals surface area contributed by atoms with Crippen molar-refractivity contribution >= 4 is 26.9 Å². The first-order valence-corrected chi connectivity index (χ1v) is 14.6. The monoisotopic (exact) mass is 518 g/mol. The molecule has 194 valence electrons. The average molecular weight is 519 g/mol. The van der Waals surface area contributed by atoms with Gasteiger partial charge in [0.05, 0.1) is 23.0 Å². The zero-order valence-corrected chi connectivity index (χ0v) is 22.3. The van der Waals surface area contributed by atoms with Crippen LogP contribution in [0.25, 0.3) is 16.7 Å². The number of anilines is 1. The molecule has 1 aliphatic rings. The third-order valence-corrected chi connectivity index (χ3v) is 8.78. The molecule has 5 rings (SSSR count). The van der Waals surface area contributed by atoms with Crippen LogP contribution in [0, 0.1) is 0 Å². The van der Waals surface area contributed by atoms with Crippen molar-refractivity contribution in [3.8, 4) is 5.69 Å². The first kappa shape index (κ1) is 25.4. The molecule has 37 heavy (non-hydrogen) atoms. The number of benzene rings is 2. The summed E-state index contributed by atoms with van der Waals surface area (Å²) in [6.07, 6.45) is 4.61. The molecule has 0 aliphatic carbocycles. The number of nitrogens with zero attached hydrogens (tertiary/aromatic N) is 6. The minimum absolute atomic E-state index is 0.0219. The Hall–Kier alpha value is -3.30. The number of rotatable bonds is 8. The summed E-state index contributed by atoms with van der Waals surface area (Å²) >= 11 is 0. The maximum Gasteiger partial charge on any atom is 0.218 e. The van der Waals surface area contributed by atoms with E-state index in [4.69, 9.17) is 9.97 Å². The summed E-state index contributed by atoms with van der Waals surface area (Å²) in [7, 11) is -3.41. The first-order chi connectivity index (χ1) is 18.0. The maximum atomic E-state index is 13.2. The molecule has 0 saturated carbocycles. The second-order valence-corrected chi connectivity index (χ2v) is 11.7. The first-order valence-electron chi connectivity index (χ1n) is 13.0. The van der Waals surface area contributed by atoms with Crippen LogP contribution in [0.1, 0.15) is 50.4 Å². The number of hydrogen-bond acceptors (Lipinski definition) is 6. The highest BCUT2D eigenvalue weighted by molar-refractivity contribution is 7.88. The van der Waals surface area contributed by atoms with Crippen LogP contribution in [-0.4, -0.2) is 58.7 Å². The number of para-hydroxylation sites is 1. The molecule has 8 nitrogen and oxygen atoms in total. The molecule has 0 radical (unpaired) electrons. The summed E-state index contributed by atoms with van der Waals surface area (Å²) in [6, 6.07) is 19.4. The smallest absolute Gasteiger partial charge is 0.218 e. The predicted molar refractivity (Wildman–Crippen MR) is 147 cm³/mol. The predicted octanol–water partition coefficient (Wildman–Crippen LogP) is 4.76. The summed E-state index contributed by atoms with van der Waals surface area (Å²) in [5, 5.41) is 5.56. The lowest BCUT2D eigenvalue weighted by Crippen LogP contribution is -2.36. The highest BCUT2D eigenvalue weighted by Gasteiger charge is 2.28. The molecule has 0 unspecified atom stereocenters. The van der Waals surface area contributed by atoms with Gasteiger partial charge in [0.1, 0.15) is 11.6 Å². The van der Waals surface area contributed by atoms with Gasteiger partial charge in [0.15, 0.2) is 5.65 Å². The molecule has 9 heteroatoms. The van der Waals surface area contributed by atoms with Crippen molar-refractivity contribution in [3.05, 3.63) is 78.2 Å². The molecule has 1 saturated heterocycles. The van der Waals surface area contributed by atoms with E-state index < -0.39 is 10.0 Å². The summed E-state index contributed by atoms with van der Waals surface area (Å²) in [5.74, 6) is 1.88. The van der Waals surface area contributed by atoms with E-state index in [0.29, 0.717) is 19.6 Å². The zero-order valence-electron chi connectivity index (χ0n) is 21.5. The largest absolute Gasteiger partial charge is 0.355 e. The van der Waals surface area contributed by atoms with Crippen LogP contribution in [0.2, 0.25) is 0 Å². The van der Waals surface area contributed by atoms with E-state index in [0.717, 1.165) is 59.7 Å². The number of sulfonamides is 1. The van der Waals surface area contributed by atoms with Crippen molar-refractivity contribution < 1.29 is 8.42 Å². The van der Waals surface area contributed by atoms with Crippen molar-refractivity contribution in [1.29, 1.82) is 0 Å². The van der Waals surface area contributed by atoms with Crippen LogP contribution in [0.15, 0.2) is 66.9 Å². The molecule has 0 N–H and O–H groups in total. The summed E-state index contributed by atoms with van der Waals surface area (Å²) < 4.78 is 29.9. The molecular weight excluding hydrogens is 484 g/mol. The normalized spacial score (nSPS) is 16.1. The van der Waals surface area contributed by atoms with Crippen molar-refractivity contribution in [1.82, 2.24) is 24.1 Å². The van der Waals surface area contributed by atoms with Crippen LogP contribution in [0.3, 0.4) is 0 Å². The van der Waals surface area contributed by atoms with Gasteiger partial charge in [-0.25, -0.2) is 23.1 Å². The maximum absolute atomic E-state index is 13.2. The van der Waals surface area contributed by atoms with Gasteiger partial charge in [-0.1, -0.05) is 68.8 Å². The number of hydrogen-bond donors (Lipinski definition) is 0. The molecule has 1 aliphatic heterocycles. The van der Waals surface area contributed by atoms with E-state index in [-0.39, 0.29) is 11.7 Å². The number of aromatic nitrogens is 4. The zero-order chi connectivity index (χ0) is 25.8. The minimum atomic E-state index is -3.41. The highest BCUT2D eigenvalue weighted by Crippen LogP contribution is 2.30. The van der Waals surface area contributed by atoms with Crippen LogP contribution in [0.5, 0.6) is 0 Å². The molecule has 0 bridgehead atoms. The lowest BCUT2D eigenvalue weighted by atomic mass is 10.1. The quantitative estimate of drug-likeness (QED) is 0.334. The van der Waals surface area contributed by atoms with Crippen molar-refractivity contribution in [2.24, 2.45) is 0 Å². The van der Waals surface area contributed by atoms with E-state index in [1.807, 2.05) is 71.5 Å². The third-order valence-electron chi connectivity index (χ3n) is 6.93. The van der Waals surface area contributed by atoms with E-state index in [2.05, 4.69) is 23.8 Å². The van der Waals surface area contributed by atoms with Crippen LogP contribution in [0.4, 0.5) is 5.82 Å². The SMILES string of the molecule is CCC[C@@H](C)c1nc(N2CCCN(S(=O)(=O)Cc3ccccc3)CC2)c2cnn(-c3ccccc3)c2n1. The Bertz CT molecular complexity index is 1440. The Labute approximate surface area is 219 Å². The highest BCUT2D eigenvalue weighted by atomic mass is 32.2. The van der Waals surface area contributed by atoms with Crippen molar-refractivity contribution in [2.45, 2.75) is 44.8 Å². The fraction of sp³-hybridized carbons (Fsp3) is 0.393. The number of fused-ring (bicyclic) bond motifs is 1. The third kappa shape index (κ3) is 5.52. The van der Waals surface area contributed by atoms with E-state index in [1.165, 1.54) is 0 Å². The standard InChI is InChI=1S/C28H34N6O2S/c1-3-11-22(2)26-30-27(25-20-29-34(28(25)31-26)24-14-8-5-9-15-24)32-16-10-17-33(19-18-32)37(35,36)21-23-12-6-4-7-13-23/h4-9,12-15,20,22H,3,10-11,16-19,21H2,1-2H3/t22-/m1/s1. The van der Waals surface area contributed by atoms with Gasteiger partial charge < -0.3 is 4.90 Å². The van der Waals surface area contributed by atoms with Crippen molar-refractivity contribution in [3.63, 3.8) is 0 Å². The lowest BCUT2D eigenvalue weighted by Gasteiger charge is -2.24. The van der Waals surface area contributed by atoms with Gasteiger partial charge in [-0.2, -0.15) is 9.40 Å². The fourth-order valence-electron chi connectivity index (χ4n) is 4.95. The van der Waals surface area contributed by atoms with E-state index in [9.17, 15) is 8.42 Å². The molecule has 2 aromatic carbocycles. The molecule has 0 spiro atoms. The van der Waals surface area contributed by atoms with Gasteiger partial charge in [0.25, 0.3) is 0 Å². The van der Waals surface area contributed by atoms with Gasteiger partial charge in [0, 0.05) is 32.1 Å². The average Bonchev–Trinajstić information content (AvgIpc) is 3.17. The second-order valence-electron chi connectivity index (χ2n) is 9.71. The van der Waals surface area contributed by atoms with E-state index in [1.54, 1.807) is 4.31 Å². The summed E-state index contributed by atoms with van der Waals surface area (Å²) in [6.45, 7) is 6.55. The molecule has 2 aromatic heterocycles. The summed E-state index contributed by atoms with van der Waals surface area (Å²) in [4.78, 5) is 12.2. The Balaban J connectivity index is 1.46. The second kappa shape index (κ2) is 11.0. The fourth-order valence-corrected chi connectivity index (χ4v) is 6.51. The van der Waals surface area contributed by atoms with Crippen molar-refractivity contribution in [2.75, 3.05) is 31.1 Å². The molecule has 1 atom stereocenters. The van der Waals surface area contributed by atoms with Gasteiger partial charge in [0.2, 0.25) is 10.0 Å². The molecule has 0 amide bonds. The van der Waals surface area contributed by atoms with E-state index >= 15 is 0 Å². The van der Waals surface area contributed by atoms with Crippen LogP contribution < -0.4 is 4.90 Å². The van der Waals surface area contributed by atoms with Gasteiger partial charge >= 0.3 is 0 Å². The van der Waals surface area contributed by atoms with Gasteiger partial charge in [-0.05, 0) is 30.5 Å². The molecule has 4 aromatic rings. The molecular formula is C28H34N6O2S. The Morgan fingerprint density at radius 1 is 0.919 bits per heavy atom. The lowest BCUT2D eigenvalue weighted by molar-refractivity contribution is 0.432. The topological polar surface area (TPSA) is 84.2 Å².